The smallest absolute Gasteiger partial charge is 0.270 e. The molecule has 0 N–H and O–H groups in total. The molecule has 2 fully saturated rings. The molecule has 6 heteroatoms. The van der Waals surface area contributed by atoms with Gasteiger partial charge in [0.1, 0.15) is 6.07 Å². The molecule has 104 valence electrons. The van der Waals surface area contributed by atoms with Crippen LogP contribution in [0.1, 0.15) is 18.4 Å². The van der Waals surface area contributed by atoms with E-state index in [9.17, 15) is 15.4 Å². The van der Waals surface area contributed by atoms with E-state index < -0.39 is 4.92 Å². The summed E-state index contributed by atoms with van der Waals surface area (Å²) in [5.41, 5.74) is 1.19. The molecule has 0 bridgehead atoms. The number of nitro groups is 1. The summed E-state index contributed by atoms with van der Waals surface area (Å²) in [4.78, 5) is 15.0. The highest BCUT2D eigenvalue weighted by molar-refractivity contribution is 5.63. The molecule has 1 aromatic carbocycles. The van der Waals surface area contributed by atoms with Crippen molar-refractivity contribution in [2.75, 3.05) is 31.1 Å². The maximum atomic E-state index is 10.8. The number of nitro benzene ring substituents is 1. The Hall–Kier alpha value is -2.13. The third-order valence-corrected chi connectivity index (χ3v) is 4.24. The van der Waals surface area contributed by atoms with Gasteiger partial charge in [-0.3, -0.25) is 15.0 Å². The standard InChI is InChI=1S/C14H16N4O2/c15-9-11-8-12(18(19)20)3-4-14(11)17-7-6-16-5-1-2-13(16)10-17/h3-4,8,13H,1-2,5-7,10H2. The maximum absolute atomic E-state index is 10.8. The van der Waals surface area contributed by atoms with Crippen LogP contribution in [-0.2, 0) is 0 Å². The monoisotopic (exact) mass is 272 g/mol. The quantitative estimate of drug-likeness (QED) is 0.605. The van der Waals surface area contributed by atoms with E-state index in [0.29, 0.717) is 11.6 Å². The molecule has 0 radical (unpaired) electrons. The fourth-order valence-electron chi connectivity index (χ4n) is 3.21. The Kier molecular flexibility index (Phi) is 3.28. The van der Waals surface area contributed by atoms with Gasteiger partial charge in [0.15, 0.2) is 0 Å². The second-order valence-electron chi connectivity index (χ2n) is 5.35. The SMILES string of the molecule is N#Cc1cc([N+](=O)[O-])ccc1N1CCN2CCCC2C1. The van der Waals surface area contributed by atoms with Crippen LogP contribution in [0.15, 0.2) is 18.2 Å². The zero-order valence-corrected chi connectivity index (χ0v) is 11.2. The highest BCUT2D eigenvalue weighted by atomic mass is 16.6. The zero-order chi connectivity index (χ0) is 14.1. The first-order valence-corrected chi connectivity index (χ1v) is 6.86. The molecule has 20 heavy (non-hydrogen) atoms. The number of nitriles is 1. The minimum Gasteiger partial charge on any atom is -0.368 e. The lowest BCUT2D eigenvalue weighted by Gasteiger charge is -2.39. The number of fused-ring (bicyclic) bond motifs is 1. The summed E-state index contributed by atoms with van der Waals surface area (Å²) in [7, 11) is 0. The Balaban J connectivity index is 1.86. The van der Waals surface area contributed by atoms with Crippen molar-refractivity contribution in [3.63, 3.8) is 0 Å². The van der Waals surface area contributed by atoms with Gasteiger partial charge in [-0.15, -0.1) is 0 Å². The van der Waals surface area contributed by atoms with Gasteiger partial charge in [-0.25, -0.2) is 0 Å². The first-order chi connectivity index (χ1) is 9.69. The van der Waals surface area contributed by atoms with Crippen molar-refractivity contribution in [2.24, 2.45) is 0 Å². The second kappa shape index (κ2) is 5.10. The molecule has 2 aliphatic rings. The van der Waals surface area contributed by atoms with Crippen molar-refractivity contribution in [3.05, 3.63) is 33.9 Å². The molecule has 2 saturated heterocycles. The molecular weight excluding hydrogens is 256 g/mol. The maximum Gasteiger partial charge on any atom is 0.270 e. The van der Waals surface area contributed by atoms with E-state index in [-0.39, 0.29) is 5.69 Å². The number of piperazine rings is 1. The van der Waals surface area contributed by atoms with E-state index in [0.717, 1.165) is 25.3 Å². The summed E-state index contributed by atoms with van der Waals surface area (Å²) < 4.78 is 0. The van der Waals surface area contributed by atoms with E-state index >= 15 is 0 Å². The van der Waals surface area contributed by atoms with Crippen LogP contribution >= 0.6 is 0 Å². The van der Waals surface area contributed by atoms with Crippen LogP contribution in [-0.4, -0.2) is 42.0 Å². The van der Waals surface area contributed by atoms with Gasteiger partial charge in [-0.05, 0) is 25.5 Å². The Morgan fingerprint density at radius 3 is 2.95 bits per heavy atom. The van der Waals surface area contributed by atoms with E-state index in [4.69, 9.17) is 0 Å². The van der Waals surface area contributed by atoms with E-state index in [1.54, 1.807) is 6.07 Å². The summed E-state index contributed by atoms with van der Waals surface area (Å²) >= 11 is 0. The Bertz CT molecular complexity index is 581. The van der Waals surface area contributed by atoms with Crippen LogP contribution in [0.25, 0.3) is 0 Å². The van der Waals surface area contributed by atoms with E-state index in [2.05, 4.69) is 15.9 Å². The molecule has 0 saturated carbocycles. The lowest BCUT2D eigenvalue weighted by molar-refractivity contribution is -0.384. The summed E-state index contributed by atoms with van der Waals surface area (Å²) in [5.74, 6) is 0. The molecule has 0 amide bonds. The first-order valence-electron chi connectivity index (χ1n) is 6.86. The Labute approximate surface area is 117 Å². The van der Waals surface area contributed by atoms with Crippen LogP contribution in [0, 0.1) is 21.4 Å². The summed E-state index contributed by atoms with van der Waals surface area (Å²) in [6.45, 7) is 3.96. The second-order valence-corrected chi connectivity index (χ2v) is 5.35. The van der Waals surface area contributed by atoms with E-state index in [1.807, 2.05) is 0 Å². The first kappa shape index (κ1) is 12.9. The van der Waals surface area contributed by atoms with Gasteiger partial charge in [0, 0.05) is 37.8 Å². The van der Waals surface area contributed by atoms with Gasteiger partial charge in [0.2, 0.25) is 0 Å². The van der Waals surface area contributed by atoms with Crippen molar-refractivity contribution in [3.8, 4) is 6.07 Å². The topological polar surface area (TPSA) is 73.4 Å². The summed E-state index contributed by atoms with van der Waals surface area (Å²) in [6, 6.07) is 7.21. The molecule has 0 aliphatic carbocycles. The Morgan fingerprint density at radius 2 is 2.20 bits per heavy atom. The van der Waals surface area contributed by atoms with Crippen molar-refractivity contribution in [1.29, 1.82) is 5.26 Å². The number of benzene rings is 1. The molecule has 0 spiro atoms. The van der Waals surface area contributed by atoms with Gasteiger partial charge < -0.3 is 4.90 Å². The van der Waals surface area contributed by atoms with E-state index in [1.165, 1.54) is 31.5 Å². The number of anilines is 1. The molecule has 2 heterocycles. The van der Waals surface area contributed by atoms with Crippen molar-refractivity contribution in [1.82, 2.24) is 4.90 Å². The number of rotatable bonds is 2. The lowest BCUT2D eigenvalue weighted by atomic mass is 10.1. The van der Waals surface area contributed by atoms with Crippen LogP contribution in [0.5, 0.6) is 0 Å². The fourth-order valence-corrected chi connectivity index (χ4v) is 3.21. The molecule has 2 aliphatic heterocycles. The van der Waals surface area contributed by atoms with Crippen LogP contribution in [0.3, 0.4) is 0 Å². The molecule has 1 atom stereocenters. The molecule has 1 aromatic rings. The lowest BCUT2D eigenvalue weighted by Crippen LogP contribution is -2.50. The van der Waals surface area contributed by atoms with Crippen molar-refractivity contribution < 1.29 is 4.92 Å². The van der Waals surface area contributed by atoms with Crippen molar-refractivity contribution in [2.45, 2.75) is 18.9 Å². The number of hydrogen-bond donors (Lipinski definition) is 0. The number of hydrogen-bond acceptors (Lipinski definition) is 5. The van der Waals surface area contributed by atoms with Gasteiger partial charge in [-0.1, -0.05) is 0 Å². The zero-order valence-electron chi connectivity index (χ0n) is 11.2. The fraction of sp³-hybridized carbons (Fsp3) is 0.500. The third-order valence-electron chi connectivity index (χ3n) is 4.24. The predicted molar refractivity (Wildman–Crippen MR) is 74.6 cm³/mol. The van der Waals surface area contributed by atoms with Gasteiger partial charge in [0.05, 0.1) is 16.2 Å². The highest BCUT2D eigenvalue weighted by Crippen LogP contribution is 2.29. The van der Waals surface area contributed by atoms with Crippen molar-refractivity contribution >= 4 is 11.4 Å². The van der Waals surface area contributed by atoms with Crippen LogP contribution in [0.2, 0.25) is 0 Å². The normalized spacial score (nSPS) is 22.4. The minimum absolute atomic E-state index is 0.0233. The van der Waals surface area contributed by atoms with Gasteiger partial charge >= 0.3 is 0 Å². The molecule has 1 unspecified atom stereocenters. The minimum atomic E-state index is -0.459. The Morgan fingerprint density at radius 1 is 1.35 bits per heavy atom. The predicted octanol–water partition coefficient (Wildman–Crippen LogP) is 1.75. The molecule has 0 aromatic heterocycles. The molecule has 3 rings (SSSR count). The van der Waals surface area contributed by atoms with Gasteiger partial charge in [-0.2, -0.15) is 5.26 Å². The average molecular weight is 272 g/mol. The largest absolute Gasteiger partial charge is 0.368 e. The highest BCUT2D eigenvalue weighted by Gasteiger charge is 2.31. The number of non-ortho nitro benzene ring substituents is 1. The summed E-state index contributed by atoms with van der Waals surface area (Å²) in [6.07, 6.45) is 2.44. The average Bonchev–Trinajstić information content (AvgIpc) is 2.93. The molecule has 6 nitrogen and oxygen atoms in total. The molecular formula is C14H16N4O2. The van der Waals surface area contributed by atoms with Crippen LogP contribution < -0.4 is 4.90 Å². The van der Waals surface area contributed by atoms with Gasteiger partial charge in [0.25, 0.3) is 5.69 Å². The van der Waals surface area contributed by atoms with Crippen LogP contribution in [0.4, 0.5) is 11.4 Å². The number of nitrogens with zero attached hydrogens (tertiary/aromatic N) is 4. The third kappa shape index (κ3) is 2.21. The summed E-state index contributed by atoms with van der Waals surface area (Å²) in [5, 5.41) is 20.0.